The Kier molecular flexibility index (Phi) is 6.92. The zero-order valence-electron chi connectivity index (χ0n) is 20.4. The van der Waals surface area contributed by atoms with Crippen LogP contribution in [0.1, 0.15) is 29.0 Å². The van der Waals surface area contributed by atoms with Gasteiger partial charge < -0.3 is 15.2 Å². The van der Waals surface area contributed by atoms with Crippen molar-refractivity contribution in [3.63, 3.8) is 0 Å². The maximum atomic E-state index is 12.9. The fourth-order valence-electron chi connectivity index (χ4n) is 5.23. The van der Waals surface area contributed by atoms with E-state index in [1.165, 1.54) is 0 Å². The molecule has 5 rings (SSSR count). The number of pyridine rings is 1. The smallest absolute Gasteiger partial charge is 0.217 e. The van der Waals surface area contributed by atoms with Crippen molar-refractivity contribution in [1.29, 1.82) is 0 Å². The fraction of sp³-hybridized carbons (Fsp3) is 0.194. The van der Waals surface area contributed by atoms with E-state index in [1.807, 2.05) is 67.7 Å². The summed E-state index contributed by atoms with van der Waals surface area (Å²) in [5, 5.41) is 19.8. The Balaban J connectivity index is 1.84. The zero-order chi connectivity index (χ0) is 25.1. The van der Waals surface area contributed by atoms with Gasteiger partial charge in [-0.2, -0.15) is 0 Å². The molecule has 182 valence electrons. The molecule has 0 aliphatic carbocycles. The predicted octanol–water partition coefficient (Wildman–Crippen LogP) is 6.68. The summed E-state index contributed by atoms with van der Waals surface area (Å²) in [5.74, 6) is 0.0329. The normalized spacial score (nSPS) is 14.0. The molecule has 1 heterocycles. The van der Waals surface area contributed by atoms with Crippen LogP contribution in [0.5, 0.6) is 5.88 Å². The van der Waals surface area contributed by atoms with E-state index >= 15 is 0 Å². The van der Waals surface area contributed by atoms with E-state index in [4.69, 9.17) is 21.3 Å². The molecular weight excluding hydrogens is 468 g/mol. The van der Waals surface area contributed by atoms with Gasteiger partial charge in [-0.3, -0.25) is 0 Å². The van der Waals surface area contributed by atoms with Gasteiger partial charge in [-0.25, -0.2) is 4.98 Å². The summed E-state index contributed by atoms with van der Waals surface area (Å²) in [4.78, 5) is 4.82. The van der Waals surface area contributed by atoms with Crippen LogP contribution in [0.25, 0.3) is 21.7 Å². The molecule has 0 saturated heterocycles. The molecule has 2 unspecified atom stereocenters. The highest BCUT2D eigenvalue weighted by molar-refractivity contribution is 6.31. The van der Waals surface area contributed by atoms with Gasteiger partial charge in [0.1, 0.15) is 5.60 Å². The van der Waals surface area contributed by atoms with E-state index in [2.05, 4.69) is 41.7 Å². The highest BCUT2D eigenvalue weighted by Gasteiger charge is 2.42. The van der Waals surface area contributed by atoms with Crippen LogP contribution in [-0.4, -0.2) is 30.8 Å². The maximum absolute atomic E-state index is 12.9. The van der Waals surface area contributed by atoms with Crippen LogP contribution in [0.15, 0.2) is 97.1 Å². The van der Waals surface area contributed by atoms with Crippen LogP contribution in [0.3, 0.4) is 0 Å². The Morgan fingerprint density at radius 1 is 0.917 bits per heavy atom. The number of hydrogen-bond donors (Lipinski definition) is 2. The number of methoxy groups -OCH3 is 1. The van der Waals surface area contributed by atoms with Crippen molar-refractivity contribution < 1.29 is 9.84 Å². The highest BCUT2D eigenvalue weighted by atomic mass is 35.5. The molecule has 0 aliphatic heterocycles. The number of ether oxygens (including phenoxy) is 1. The second kappa shape index (κ2) is 10.3. The number of nitrogens with one attached hydrogen (secondary N) is 1. The van der Waals surface area contributed by atoms with Crippen molar-refractivity contribution >= 4 is 33.3 Å². The second-order valence-corrected chi connectivity index (χ2v) is 9.51. The van der Waals surface area contributed by atoms with Crippen LogP contribution in [0.4, 0.5) is 0 Å². The first kappa shape index (κ1) is 24.3. The van der Waals surface area contributed by atoms with Gasteiger partial charge in [-0.05, 0) is 66.2 Å². The molecule has 0 saturated carbocycles. The molecule has 2 atom stereocenters. The molecule has 2 N–H and O–H groups in total. The van der Waals surface area contributed by atoms with Crippen LogP contribution >= 0.6 is 11.6 Å². The summed E-state index contributed by atoms with van der Waals surface area (Å²) in [6, 6.07) is 32.1. The number of rotatable bonds is 8. The molecule has 5 heteroatoms. The molecule has 4 aromatic carbocycles. The minimum Gasteiger partial charge on any atom is -0.481 e. The number of nitrogens with zero attached hydrogens (tertiary/aromatic N) is 1. The average Bonchev–Trinajstić information content (AvgIpc) is 2.92. The lowest BCUT2D eigenvalue weighted by Crippen LogP contribution is -2.37. The van der Waals surface area contributed by atoms with Crippen molar-refractivity contribution in [1.82, 2.24) is 10.3 Å². The molecule has 0 spiro atoms. The summed E-state index contributed by atoms with van der Waals surface area (Å²) < 4.78 is 5.84. The molecule has 5 aromatic rings. The summed E-state index contributed by atoms with van der Waals surface area (Å²) in [6.07, 6.45) is 0.480. The number of fused-ring (bicyclic) bond motifs is 2. The van der Waals surface area contributed by atoms with E-state index in [0.29, 0.717) is 23.9 Å². The Hall–Kier alpha value is -3.44. The van der Waals surface area contributed by atoms with Gasteiger partial charge in [0.25, 0.3) is 0 Å². The zero-order valence-corrected chi connectivity index (χ0v) is 21.2. The highest BCUT2D eigenvalue weighted by Crippen LogP contribution is 2.48. The van der Waals surface area contributed by atoms with Crippen molar-refractivity contribution in [3.05, 3.63) is 119 Å². The Morgan fingerprint density at radius 3 is 2.44 bits per heavy atom. The van der Waals surface area contributed by atoms with E-state index in [9.17, 15) is 5.11 Å². The predicted molar refractivity (Wildman–Crippen MR) is 148 cm³/mol. The average molecular weight is 497 g/mol. The van der Waals surface area contributed by atoms with E-state index < -0.39 is 11.5 Å². The summed E-state index contributed by atoms with van der Waals surface area (Å²) in [5.41, 5.74) is 2.18. The van der Waals surface area contributed by atoms with Crippen molar-refractivity contribution in [3.8, 4) is 5.88 Å². The van der Waals surface area contributed by atoms with Gasteiger partial charge in [0, 0.05) is 21.9 Å². The maximum Gasteiger partial charge on any atom is 0.217 e. The number of benzene rings is 4. The summed E-state index contributed by atoms with van der Waals surface area (Å²) >= 11 is 6.34. The summed E-state index contributed by atoms with van der Waals surface area (Å²) in [6.45, 7) is 0.623. The van der Waals surface area contributed by atoms with Gasteiger partial charge in [0.15, 0.2) is 0 Å². The molecule has 0 bridgehead atoms. The quantitative estimate of drug-likeness (QED) is 0.251. The van der Waals surface area contributed by atoms with E-state index in [-0.39, 0.29) is 0 Å². The van der Waals surface area contributed by atoms with Crippen LogP contribution < -0.4 is 10.1 Å². The first-order valence-corrected chi connectivity index (χ1v) is 12.5. The molecule has 0 aliphatic rings. The molecule has 0 amide bonds. The molecule has 1 aromatic heterocycles. The van der Waals surface area contributed by atoms with E-state index in [0.717, 1.165) is 38.4 Å². The lowest BCUT2D eigenvalue weighted by atomic mass is 9.70. The SMILES string of the molecule is CNCCC(O)(c1cccc2ccccc12)C(c1ccccc1)c1cc2cc(Cl)ccc2nc1OC. The monoisotopic (exact) mass is 496 g/mol. The first-order chi connectivity index (χ1) is 17.5. The lowest BCUT2D eigenvalue weighted by Gasteiger charge is -2.39. The van der Waals surface area contributed by atoms with Crippen LogP contribution in [0.2, 0.25) is 5.02 Å². The van der Waals surface area contributed by atoms with Gasteiger partial charge >= 0.3 is 0 Å². The molecule has 4 nitrogen and oxygen atoms in total. The summed E-state index contributed by atoms with van der Waals surface area (Å²) in [7, 11) is 3.53. The standard InChI is InChI=1S/C31H29ClN2O2/c1-33-18-17-31(35,27-14-8-12-21-9-6-7-13-25(21)27)29(22-10-4-3-5-11-22)26-20-23-19-24(32)15-16-28(23)34-30(26)36-2/h3-16,19-20,29,33,35H,17-18H2,1-2H3. The Bertz CT molecular complexity index is 1500. The van der Waals surface area contributed by atoms with Gasteiger partial charge in [-0.1, -0.05) is 84.4 Å². The topological polar surface area (TPSA) is 54.4 Å². The number of aliphatic hydroxyl groups is 1. The molecule has 0 fully saturated rings. The van der Waals surface area contributed by atoms with Gasteiger partial charge in [0.05, 0.1) is 12.6 Å². The number of halogens is 1. The molecular formula is C31H29ClN2O2. The first-order valence-electron chi connectivity index (χ1n) is 12.1. The van der Waals surface area contributed by atoms with Crippen LogP contribution in [0, 0.1) is 0 Å². The second-order valence-electron chi connectivity index (χ2n) is 9.07. The largest absolute Gasteiger partial charge is 0.481 e. The molecule has 0 radical (unpaired) electrons. The van der Waals surface area contributed by atoms with Gasteiger partial charge in [-0.15, -0.1) is 0 Å². The Morgan fingerprint density at radius 2 is 1.67 bits per heavy atom. The third-order valence-electron chi connectivity index (χ3n) is 6.90. The number of aromatic nitrogens is 1. The fourth-order valence-corrected chi connectivity index (χ4v) is 5.41. The van der Waals surface area contributed by atoms with Crippen molar-refractivity contribution in [2.75, 3.05) is 20.7 Å². The minimum absolute atomic E-state index is 0.455. The lowest BCUT2D eigenvalue weighted by molar-refractivity contribution is 0.0118. The third kappa shape index (κ3) is 4.44. The van der Waals surface area contributed by atoms with E-state index in [1.54, 1.807) is 7.11 Å². The minimum atomic E-state index is -1.27. The van der Waals surface area contributed by atoms with Crippen molar-refractivity contribution in [2.45, 2.75) is 17.9 Å². The third-order valence-corrected chi connectivity index (χ3v) is 7.13. The molecule has 36 heavy (non-hydrogen) atoms. The Labute approximate surface area is 216 Å². The van der Waals surface area contributed by atoms with Gasteiger partial charge in [0.2, 0.25) is 5.88 Å². The number of hydrogen-bond acceptors (Lipinski definition) is 4. The van der Waals surface area contributed by atoms with Crippen molar-refractivity contribution in [2.24, 2.45) is 0 Å². The van der Waals surface area contributed by atoms with Crippen LogP contribution in [-0.2, 0) is 5.60 Å².